The van der Waals surface area contributed by atoms with Gasteiger partial charge in [-0.05, 0) is 13.3 Å². The van der Waals surface area contributed by atoms with Gasteiger partial charge in [-0.2, -0.15) is 0 Å². The normalized spacial score (nSPS) is 12.1. The van der Waals surface area contributed by atoms with E-state index in [1.54, 1.807) is 7.11 Å². The Labute approximate surface area is 57.7 Å². The Morgan fingerprint density at radius 2 is 2.22 bits per heavy atom. The van der Waals surface area contributed by atoms with Gasteiger partial charge in [0.25, 0.3) is 0 Å². The standard InChI is InChI=1S/C8H16O/c1-4-5-8(2)6-7-9-3/h6H,4-5,7H2,1-3H3/b8-6+. The lowest BCUT2D eigenvalue weighted by Crippen LogP contribution is -1.84. The predicted octanol–water partition coefficient (Wildman–Crippen LogP) is 2.38. The van der Waals surface area contributed by atoms with Crippen molar-refractivity contribution in [2.24, 2.45) is 0 Å². The van der Waals surface area contributed by atoms with Gasteiger partial charge in [0.1, 0.15) is 0 Å². The lowest BCUT2D eigenvalue weighted by molar-refractivity contribution is 0.233. The summed E-state index contributed by atoms with van der Waals surface area (Å²) in [6.07, 6.45) is 4.55. The SMILES string of the molecule is CCC/C(C)=C/COC. The molecule has 0 saturated heterocycles. The third kappa shape index (κ3) is 5.57. The molecule has 0 heterocycles. The molecule has 0 aliphatic carbocycles. The van der Waals surface area contributed by atoms with E-state index in [0.29, 0.717) is 0 Å². The number of rotatable bonds is 4. The van der Waals surface area contributed by atoms with E-state index in [1.807, 2.05) is 0 Å². The van der Waals surface area contributed by atoms with Crippen LogP contribution in [0.5, 0.6) is 0 Å². The molecule has 1 heteroatoms. The van der Waals surface area contributed by atoms with Gasteiger partial charge >= 0.3 is 0 Å². The van der Waals surface area contributed by atoms with E-state index in [9.17, 15) is 0 Å². The number of allylic oxidation sites excluding steroid dienone is 1. The highest BCUT2D eigenvalue weighted by molar-refractivity contribution is 4.97. The van der Waals surface area contributed by atoms with Gasteiger partial charge in [-0.1, -0.05) is 25.0 Å². The van der Waals surface area contributed by atoms with Crippen LogP contribution in [0.2, 0.25) is 0 Å². The highest BCUT2D eigenvalue weighted by Crippen LogP contribution is 2.01. The van der Waals surface area contributed by atoms with Crippen molar-refractivity contribution in [1.29, 1.82) is 0 Å². The zero-order valence-corrected chi connectivity index (χ0v) is 6.61. The first kappa shape index (κ1) is 8.70. The van der Waals surface area contributed by atoms with Crippen molar-refractivity contribution in [2.45, 2.75) is 26.7 Å². The fraction of sp³-hybridized carbons (Fsp3) is 0.750. The van der Waals surface area contributed by atoms with Crippen molar-refractivity contribution >= 4 is 0 Å². The summed E-state index contributed by atoms with van der Waals surface area (Å²) in [5.41, 5.74) is 1.43. The van der Waals surface area contributed by atoms with Crippen molar-refractivity contribution in [3.8, 4) is 0 Å². The number of hydrogen-bond donors (Lipinski definition) is 0. The third-order valence-corrected chi connectivity index (χ3v) is 1.24. The summed E-state index contributed by atoms with van der Waals surface area (Å²) in [6.45, 7) is 5.08. The molecule has 0 aliphatic heterocycles. The largest absolute Gasteiger partial charge is 0.381 e. The molecule has 9 heavy (non-hydrogen) atoms. The average molecular weight is 128 g/mol. The van der Waals surface area contributed by atoms with Crippen molar-refractivity contribution in [1.82, 2.24) is 0 Å². The van der Waals surface area contributed by atoms with Crippen molar-refractivity contribution in [3.63, 3.8) is 0 Å². The Morgan fingerprint density at radius 3 is 2.67 bits per heavy atom. The summed E-state index contributed by atoms with van der Waals surface area (Å²) in [6, 6.07) is 0. The van der Waals surface area contributed by atoms with E-state index in [0.717, 1.165) is 6.61 Å². The molecule has 0 aromatic rings. The highest BCUT2D eigenvalue weighted by Gasteiger charge is 1.84. The van der Waals surface area contributed by atoms with E-state index < -0.39 is 0 Å². The maximum atomic E-state index is 4.88. The molecule has 0 aromatic carbocycles. The molecular formula is C8H16O. The smallest absolute Gasteiger partial charge is 0.0646 e. The second kappa shape index (κ2) is 5.83. The van der Waals surface area contributed by atoms with Crippen molar-refractivity contribution in [3.05, 3.63) is 11.6 Å². The Bertz CT molecular complexity index is 84.6. The molecule has 0 fully saturated rings. The molecule has 0 spiro atoms. The second-order valence-corrected chi connectivity index (χ2v) is 2.26. The molecule has 0 radical (unpaired) electrons. The second-order valence-electron chi connectivity index (χ2n) is 2.26. The Kier molecular flexibility index (Phi) is 5.64. The summed E-state index contributed by atoms with van der Waals surface area (Å²) in [5.74, 6) is 0. The first-order valence-electron chi connectivity index (χ1n) is 3.45. The molecule has 1 nitrogen and oxygen atoms in total. The lowest BCUT2D eigenvalue weighted by atomic mass is 10.2. The van der Waals surface area contributed by atoms with Crippen LogP contribution in [-0.4, -0.2) is 13.7 Å². The monoisotopic (exact) mass is 128 g/mol. The minimum absolute atomic E-state index is 0.756. The third-order valence-electron chi connectivity index (χ3n) is 1.24. The predicted molar refractivity (Wildman–Crippen MR) is 40.5 cm³/mol. The first-order valence-corrected chi connectivity index (χ1v) is 3.45. The van der Waals surface area contributed by atoms with Gasteiger partial charge in [0.2, 0.25) is 0 Å². The molecule has 0 aromatic heterocycles. The van der Waals surface area contributed by atoms with E-state index in [1.165, 1.54) is 18.4 Å². The topological polar surface area (TPSA) is 9.23 Å². The van der Waals surface area contributed by atoms with E-state index in [2.05, 4.69) is 19.9 Å². The van der Waals surface area contributed by atoms with Crippen molar-refractivity contribution in [2.75, 3.05) is 13.7 Å². The van der Waals surface area contributed by atoms with Crippen LogP contribution in [0.3, 0.4) is 0 Å². The summed E-state index contributed by atoms with van der Waals surface area (Å²) in [5, 5.41) is 0. The minimum Gasteiger partial charge on any atom is -0.381 e. The van der Waals surface area contributed by atoms with Gasteiger partial charge in [0.05, 0.1) is 6.61 Å². The van der Waals surface area contributed by atoms with Crippen LogP contribution in [0, 0.1) is 0 Å². The minimum atomic E-state index is 0.756. The fourth-order valence-corrected chi connectivity index (χ4v) is 0.722. The maximum Gasteiger partial charge on any atom is 0.0646 e. The summed E-state index contributed by atoms with van der Waals surface area (Å²) in [4.78, 5) is 0. The van der Waals surface area contributed by atoms with Crippen LogP contribution in [-0.2, 0) is 4.74 Å². The van der Waals surface area contributed by atoms with Gasteiger partial charge in [-0.15, -0.1) is 0 Å². The molecule has 0 atom stereocenters. The van der Waals surface area contributed by atoms with Crippen LogP contribution >= 0.6 is 0 Å². The molecule has 0 amide bonds. The molecule has 0 bridgehead atoms. The Balaban J connectivity index is 3.30. The molecule has 0 rings (SSSR count). The summed E-state index contributed by atoms with van der Waals surface area (Å²) < 4.78 is 4.88. The van der Waals surface area contributed by atoms with E-state index in [4.69, 9.17) is 4.74 Å². The molecular weight excluding hydrogens is 112 g/mol. The van der Waals surface area contributed by atoms with Gasteiger partial charge in [0, 0.05) is 7.11 Å². The van der Waals surface area contributed by atoms with Crippen molar-refractivity contribution < 1.29 is 4.74 Å². The van der Waals surface area contributed by atoms with Crippen LogP contribution in [0.25, 0.3) is 0 Å². The zero-order valence-electron chi connectivity index (χ0n) is 6.61. The molecule has 0 unspecified atom stereocenters. The van der Waals surface area contributed by atoms with Gasteiger partial charge in [-0.3, -0.25) is 0 Å². The van der Waals surface area contributed by atoms with Crippen LogP contribution in [0.4, 0.5) is 0 Å². The zero-order chi connectivity index (χ0) is 7.11. The quantitative estimate of drug-likeness (QED) is 0.528. The van der Waals surface area contributed by atoms with Gasteiger partial charge in [-0.25, -0.2) is 0 Å². The number of hydrogen-bond acceptors (Lipinski definition) is 1. The van der Waals surface area contributed by atoms with E-state index >= 15 is 0 Å². The van der Waals surface area contributed by atoms with Gasteiger partial charge in [0.15, 0.2) is 0 Å². The van der Waals surface area contributed by atoms with Crippen LogP contribution < -0.4 is 0 Å². The molecule has 0 saturated carbocycles. The first-order chi connectivity index (χ1) is 4.31. The van der Waals surface area contributed by atoms with Gasteiger partial charge < -0.3 is 4.74 Å². The Hall–Kier alpha value is -0.300. The Morgan fingerprint density at radius 1 is 1.56 bits per heavy atom. The highest BCUT2D eigenvalue weighted by atomic mass is 16.5. The number of ether oxygens (including phenoxy) is 1. The molecule has 0 aliphatic rings. The van der Waals surface area contributed by atoms with Crippen LogP contribution in [0.1, 0.15) is 26.7 Å². The van der Waals surface area contributed by atoms with Crippen LogP contribution in [0.15, 0.2) is 11.6 Å². The number of methoxy groups -OCH3 is 1. The lowest BCUT2D eigenvalue weighted by Gasteiger charge is -1.95. The molecule has 54 valence electrons. The summed E-state index contributed by atoms with van der Waals surface area (Å²) in [7, 11) is 1.72. The molecule has 0 N–H and O–H groups in total. The maximum absolute atomic E-state index is 4.88. The summed E-state index contributed by atoms with van der Waals surface area (Å²) >= 11 is 0. The van der Waals surface area contributed by atoms with E-state index in [-0.39, 0.29) is 0 Å². The average Bonchev–Trinajstić information content (AvgIpc) is 1.85. The fourth-order valence-electron chi connectivity index (χ4n) is 0.722.